The Morgan fingerprint density at radius 2 is 1.74 bits per heavy atom. The molecule has 0 atom stereocenters. The van der Waals surface area contributed by atoms with Gasteiger partial charge in [-0.3, -0.25) is 19.3 Å². The largest absolute Gasteiger partial charge is 0.491 e. The topological polar surface area (TPSA) is 102 Å². The second-order valence-electron chi connectivity index (χ2n) is 6.69. The number of carbonyl (C=O) groups excluding carboxylic acids is 4. The van der Waals surface area contributed by atoms with E-state index in [1.165, 1.54) is 18.4 Å². The van der Waals surface area contributed by atoms with Crippen LogP contribution in [0, 0.1) is 0 Å². The molecular formula is C22H18N2O6S. The lowest BCUT2D eigenvalue weighted by atomic mass is 10.1. The fourth-order valence-corrected chi connectivity index (χ4v) is 4.44. The quantitative estimate of drug-likeness (QED) is 0.468. The zero-order valence-electron chi connectivity index (χ0n) is 16.8. The first-order valence-electron chi connectivity index (χ1n) is 9.47. The highest BCUT2D eigenvalue weighted by Crippen LogP contribution is 2.39. The van der Waals surface area contributed by atoms with Crippen molar-refractivity contribution in [3.05, 3.63) is 58.5 Å². The summed E-state index contributed by atoms with van der Waals surface area (Å²) >= 11 is 1.23. The smallest absolute Gasteiger partial charge is 0.351 e. The summed E-state index contributed by atoms with van der Waals surface area (Å²) in [4.78, 5) is 50.8. The molecule has 0 fully saturated rings. The maximum atomic E-state index is 12.6. The number of hydrogen-bond donors (Lipinski definition) is 1. The van der Waals surface area contributed by atoms with Gasteiger partial charge in [-0.2, -0.15) is 0 Å². The molecule has 2 aromatic carbocycles. The Morgan fingerprint density at radius 3 is 2.35 bits per heavy atom. The average Bonchev–Trinajstić information content (AvgIpc) is 3.24. The third-order valence-electron chi connectivity index (χ3n) is 4.77. The van der Waals surface area contributed by atoms with Crippen LogP contribution in [0.1, 0.15) is 37.3 Å². The van der Waals surface area contributed by atoms with E-state index in [1.54, 1.807) is 49.4 Å². The first-order valence-corrected chi connectivity index (χ1v) is 10.3. The minimum absolute atomic E-state index is 0.289. The summed E-state index contributed by atoms with van der Waals surface area (Å²) in [5.41, 5.74) is 1.03. The summed E-state index contributed by atoms with van der Waals surface area (Å²) in [7, 11) is 1.30. The number of amides is 3. The van der Waals surface area contributed by atoms with E-state index in [-0.39, 0.29) is 11.1 Å². The molecule has 0 bridgehead atoms. The third kappa shape index (κ3) is 3.64. The van der Waals surface area contributed by atoms with Crippen LogP contribution in [-0.4, -0.2) is 48.9 Å². The Labute approximate surface area is 181 Å². The highest BCUT2D eigenvalue weighted by Gasteiger charge is 2.36. The van der Waals surface area contributed by atoms with Gasteiger partial charge in [0.1, 0.15) is 6.54 Å². The Kier molecular flexibility index (Phi) is 5.43. The molecule has 0 aliphatic carbocycles. The number of thiophene rings is 1. The van der Waals surface area contributed by atoms with Gasteiger partial charge in [-0.05, 0) is 37.3 Å². The zero-order chi connectivity index (χ0) is 22.1. The molecule has 31 heavy (non-hydrogen) atoms. The number of imide groups is 1. The minimum Gasteiger partial charge on any atom is -0.491 e. The fraction of sp³-hybridized carbons (Fsp3) is 0.182. The number of fused-ring (bicyclic) bond motifs is 2. The molecule has 0 saturated carbocycles. The normalized spacial score (nSPS) is 12.8. The second-order valence-corrected chi connectivity index (χ2v) is 7.74. The Morgan fingerprint density at radius 1 is 1.06 bits per heavy atom. The number of anilines is 1. The summed E-state index contributed by atoms with van der Waals surface area (Å²) < 4.78 is 11.3. The van der Waals surface area contributed by atoms with Crippen LogP contribution in [0.5, 0.6) is 5.75 Å². The lowest BCUT2D eigenvalue weighted by Crippen LogP contribution is -2.37. The number of nitrogens with zero attached hydrogens (tertiary/aromatic N) is 1. The molecule has 4 rings (SSSR count). The Bertz CT molecular complexity index is 1200. The standard InChI is InChI=1S/C22H18N2O6S/c1-3-30-18-15-10-12(8-9-16(15)31-19(18)22(28)29-2)23-17(25)11-24-20(26)13-6-4-5-7-14(13)21(24)27/h4-10H,3,11H2,1-2H3,(H,23,25). The van der Waals surface area contributed by atoms with Crippen LogP contribution in [0.25, 0.3) is 10.1 Å². The Balaban J connectivity index is 1.55. The minimum atomic E-state index is -0.518. The van der Waals surface area contributed by atoms with Crippen molar-refractivity contribution in [1.29, 1.82) is 0 Å². The van der Waals surface area contributed by atoms with E-state index >= 15 is 0 Å². The van der Waals surface area contributed by atoms with Crippen molar-refractivity contribution in [3.63, 3.8) is 0 Å². The number of carbonyl (C=O) groups is 4. The van der Waals surface area contributed by atoms with Gasteiger partial charge < -0.3 is 14.8 Å². The number of ether oxygens (including phenoxy) is 2. The first-order chi connectivity index (χ1) is 14.9. The van der Waals surface area contributed by atoms with E-state index in [4.69, 9.17) is 9.47 Å². The first kappa shape index (κ1) is 20.5. The molecule has 1 N–H and O–H groups in total. The van der Waals surface area contributed by atoms with E-state index in [2.05, 4.69) is 5.32 Å². The van der Waals surface area contributed by atoms with Crippen molar-refractivity contribution in [1.82, 2.24) is 4.90 Å². The van der Waals surface area contributed by atoms with E-state index in [9.17, 15) is 19.2 Å². The molecule has 0 spiro atoms. The fourth-order valence-electron chi connectivity index (χ4n) is 3.39. The number of nitrogens with one attached hydrogen (secondary N) is 1. The van der Waals surface area contributed by atoms with E-state index in [0.29, 0.717) is 28.3 Å². The highest BCUT2D eigenvalue weighted by atomic mass is 32.1. The summed E-state index contributed by atoms with van der Waals surface area (Å²) in [6, 6.07) is 11.6. The number of rotatable bonds is 6. The molecule has 1 aliphatic rings. The average molecular weight is 438 g/mol. The van der Waals surface area contributed by atoms with Gasteiger partial charge in [0.25, 0.3) is 11.8 Å². The molecular weight excluding hydrogens is 420 g/mol. The van der Waals surface area contributed by atoms with Gasteiger partial charge in [0.05, 0.1) is 24.8 Å². The van der Waals surface area contributed by atoms with E-state index in [1.807, 2.05) is 0 Å². The monoisotopic (exact) mass is 438 g/mol. The van der Waals surface area contributed by atoms with Crippen molar-refractivity contribution in [3.8, 4) is 5.75 Å². The number of esters is 1. The highest BCUT2D eigenvalue weighted by molar-refractivity contribution is 7.21. The second kappa shape index (κ2) is 8.19. The summed E-state index contributed by atoms with van der Waals surface area (Å²) in [6.07, 6.45) is 0. The molecule has 1 aromatic heterocycles. The molecule has 2 heterocycles. The molecule has 158 valence electrons. The lowest BCUT2D eigenvalue weighted by Gasteiger charge is -2.14. The van der Waals surface area contributed by atoms with Crippen LogP contribution in [0.2, 0.25) is 0 Å². The van der Waals surface area contributed by atoms with Gasteiger partial charge in [-0.15, -0.1) is 11.3 Å². The number of methoxy groups -OCH3 is 1. The molecule has 1 aliphatic heterocycles. The van der Waals surface area contributed by atoms with Gasteiger partial charge in [-0.25, -0.2) is 4.79 Å². The van der Waals surface area contributed by atoms with Crippen molar-refractivity contribution in [2.45, 2.75) is 6.92 Å². The molecule has 9 heteroatoms. The third-order valence-corrected chi connectivity index (χ3v) is 5.90. The molecule has 8 nitrogen and oxygen atoms in total. The molecule has 3 aromatic rings. The van der Waals surface area contributed by atoms with Crippen LogP contribution in [0.15, 0.2) is 42.5 Å². The van der Waals surface area contributed by atoms with Crippen molar-refractivity contribution < 1.29 is 28.7 Å². The molecule has 3 amide bonds. The van der Waals surface area contributed by atoms with Crippen LogP contribution in [-0.2, 0) is 9.53 Å². The maximum Gasteiger partial charge on any atom is 0.351 e. The van der Waals surface area contributed by atoms with Gasteiger partial charge in [0.15, 0.2) is 10.6 Å². The van der Waals surface area contributed by atoms with E-state index in [0.717, 1.165) is 9.60 Å². The van der Waals surface area contributed by atoms with Crippen molar-refractivity contribution in [2.24, 2.45) is 0 Å². The van der Waals surface area contributed by atoms with Crippen LogP contribution in [0.3, 0.4) is 0 Å². The lowest BCUT2D eigenvalue weighted by molar-refractivity contribution is -0.116. The molecule has 0 unspecified atom stereocenters. The van der Waals surface area contributed by atoms with Crippen molar-refractivity contribution >= 4 is 50.8 Å². The predicted molar refractivity (Wildman–Crippen MR) is 115 cm³/mol. The van der Waals surface area contributed by atoms with Gasteiger partial charge in [-0.1, -0.05) is 12.1 Å². The van der Waals surface area contributed by atoms with Gasteiger partial charge >= 0.3 is 5.97 Å². The van der Waals surface area contributed by atoms with E-state index < -0.39 is 30.2 Å². The SMILES string of the molecule is CCOc1c(C(=O)OC)sc2ccc(NC(=O)CN3C(=O)c4ccccc4C3=O)cc12. The van der Waals surface area contributed by atoms with Crippen LogP contribution >= 0.6 is 11.3 Å². The maximum absolute atomic E-state index is 12.6. The zero-order valence-corrected chi connectivity index (χ0v) is 17.6. The number of hydrogen-bond acceptors (Lipinski definition) is 7. The Hall–Kier alpha value is -3.72. The van der Waals surface area contributed by atoms with Crippen molar-refractivity contribution in [2.75, 3.05) is 25.6 Å². The summed E-state index contributed by atoms with van der Waals surface area (Å²) in [6.45, 7) is 1.75. The van der Waals surface area contributed by atoms with Gasteiger partial charge in [0.2, 0.25) is 5.91 Å². The summed E-state index contributed by atoms with van der Waals surface area (Å²) in [5.74, 6) is -1.61. The van der Waals surface area contributed by atoms with Crippen LogP contribution in [0.4, 0.5) is 5.69 Å². The van der Waals surface area contributed by atoms with Gasteiger partial charge in [0, 0.05) is 15.8 Å². The molecule has 0 saturated heterocycles. The van der Waals surface area contributed by atoms with Crippen LogP contribution < -0.4 is 10.1 Å². The summed E-state index contributed by atoms with van der Waals surface area (Å²) in [5, 5.41) is 3.36. The molecule has 0 radical (unpaired) electrons. The number of benzene rings is 2. The predicted octanol–water partition coefficient (Wildman–Crippen LogP) is 3.32.